The van der Waals surface area contributed by atoms with Gasteiger partial charge in [-0.15, -0.1) is 11.8 Å². The topological polar surface area (TPSA) is 60.3 Å². The van der Waals surface area contributed by atoms with Crippen LogP contribution in [0.1, 0.15) is 46.5 Å². The summed E-state index contributed by atoms with van der Waals surface area (Å²) in [6.07, 6.45) is 7.04. The third-order valence-electron chi connectivity index (χ3n) is 5.14. The Morgan fingerprint density at radius 1 is 1.20 bits per heavy atom. The number of carbonyl (C=O) groups is 1. The van der Waals surface area contributed by atoms with E-state index in [4.69, 9.17) is 0 Å². The fourth-order valence-corrected chi connectivity index (χ4v) is 5.05. The predicted octanol–water partition coefficient (Wildman–Crippen LogP) is 4.98. The SMILES string of the molecule is CC(C)(C)OC=O.O=c1c2ccc(Br)cc2c(SC2CCNCC2)cn1CC1CC1. The summed E-state index contributed by atoms with van der Waals surface area (Å²) in [5, 5.41) is 6.02. The van der Waals surface area contributed by atoms with Gasteiger partial charge in [0, 0.05) is 38.1 Å². The lowest BCUT2D eigenvalue weighted by Gasteiger charge is -2.23. The van der Waals surface area contributed by atoms with Crippen LogP contribution in [-0.4, -0.2) is 35.0 Å². The molecule has 0 radical (unpaired) electrons. The quantitative estimate of drug-likeness (QED) is 0.594. The van der Waals surface area contributed by atoms with E-state index in [1.807, 2.05) is 49.2 Å². The Morgan fingerprint density at radius 2 is 1.90 bits per heavy atom. The third kappa shape index (κ3) is 6.86. The molecule has 2 fully saturated rings. The van der Waals surface area contributed by atoms with Gasteiger partial charge < -0.3 is 14.6 Å². The van der Waals surface area contributed by atoms with Gasteiger partial charge in [-0.1, -0.05) is 15.9 Å². The molecule has 0 spiro atoms. The maximum Gasteiger partial charge on any atom is 0.293 e. The average Bonchev–Trinajstić information content (AvgIpc) is 3.50. The molecular weight excluding hydrogens is 464 g/mol. The molecule has 4 rings (SSSR count). The van der Waals surface area contributed by atoms with E-state index in [-0.39, 0.29) is 11.2 Å². The first-order valence-corrected chi connectivity index (χ1v) is 12.3. The van der Waals surface area contributed by atoms with Crippen molar-refractivity contribution in [1.29, 1.82) is 0 Å². The summed E-state index contributed by atoms with van der Waals surface area (Å²) in [6.45, 7) is 9.00. The number of hydrogen-bond donors (Lipinski definition) is 1. The summed E-state index contributed by atoms with van der Waals surface area (Å²) in [7, 11) is 0. The summed E-state index contributed by atoms with van der Waals surface area (Å²) in [5.74, 6) is 0.706. The normalized spacial score (nSPS) is 17.3. The largest absolute Gasteiger partial charge is 0.462 e. The van der Waals surface area contributed by atoms with Crippen LogP contribution in [-0.2, 0) is 16.1 Å². The second-order valence-corrected chi connectivity index (χ2v) is 11.2. The number of rotatable bonds is 5. The number of benzene rings is 1. The van der Waals surface area contributed by atoms with Gasteiger partial charge in [0.25, 0.3) is 12.0 Å². The van der Waals surface area contributed by atoms with E-state index in [2.05, 4.69) is 38.2 Å². The van der Waals surface area contributed by atoms with Gasteiger partial charge in [0.15, 0.2) is 0 Å². The molecule has 1 saturated carbocycles. The van der Waals surface area contributed by atoms with Crippen molar-refractivity contribution in [3.05, 3.63) is 39.2 Å². The highest BCUT2D eigenvalue weighted by Crippen LogP contribution is 2.35. The minimum absolute atomic E-state index is 0.161. The van der Waals surface area contributed by atoms with Crippen molar-refractivity contribution >= 4 is 44.9 Å². The van der Waals surface area contributed by atoms with Crippen LogP contribution in [0, 0.1) is 5.92 Å². The van der Waals surface area contributed by atoms with Crippen molar-refractivity contribution in [1.82, 2.24) is 9.88 Å². The smallest absolute Gasteiger partial charge is 0.293 e. The van der Waals surface area contributed by atoms with Crippen molar-refractivity contribution in [2.45, 2.75) is 68.7 Å². The summed E-state index contributed by atoms with van der Waals surface area (Å²) < 4.78 is 7.54. The maximum atomic E-state index is 12.8. The fraction of sp³-hybridized carbons (Fsp3) is 0.565. The van der Waals surface area contributed by atoms with Gasteiger partial charge >= 0.3 is 0 Å². The van der Waals surface area contributed by atoms with Gasteiger partial charge in [0.1, 0.15) is 5.60 Å². The zero-order valence-corrected chi connectivity index (χ0v) is 20.4. The summed E-state index contributed by atoms with van der Waals surface area (Å²) in [6, 6.07) is 6.05. The van der Waals surface area contributed by atoms with Crippen LogP contribution in [0.4, 0.5) is 0 Å². The van der Waals surface area contributed by atoms with Gasteiger partial charge in [-0.2, -0.15) is 0 Å². The molecule has 30 heavy (non-hydrogen) atoms. The molecule has 0 bridgehead atoms. The molecule has 2 aromatic rings. The van der Waals surface area contributed by atoms with Gasteiger partial charge in [0.05, 0.1) is 0 Å². The number of fused-ring (bicyclic) bond motifs is 1. The summed E-state index contributed by atoms with van der Waals surface area (Å²) >= 11 is 5.51. The lowest BCUT2D eigenvalue weighted by molar-refractivity contribution is -0.138. The molecule has 164 valence electrons. The summed E-state index contributed by atoms with van der Waals surface area (Å²) in [4.78, 5) is 23.6. The van der Waals surface area contributed by atoms with E-state index in [9.17, 15) is 9.59 Å². The zero-order valence-electron chi connectivity index (χ0n) is 17.9. The van der Waals surface area contributed by atoms with Gasteiger partial charge in [-0.3, -0.25) is 9.59 Å². The first kappa shape index (κ1) is 23.4. The molecule has 0 amide bonds. The Morgan fingerprint density at radius 3 is 2.47 bits per heavy atom. The van der Waals surface area contributed by atoms with Crippen molar-refractivity contribution in [3.8, 4) is 0 Å². The fourth-order valence-electron chi connectivity index (χ4n) is 3.38. The van der Waals surface area contributed by atoms with Gasteiger partial charge in [0.2, 0.25) is 0 Å². The Balaban J connectivity index is 0.000000318. The third-order valence-corrected chi connectivity index (χ3v) is 7.02. The first-order valence-electron chi connectivity index (χ1n) is 10.6. The Hall–Kier alpha value is -1.31. The molecule has 2 heterocycles. The summed E-state index contributed by atoms with van der Waals surface area (Å²) in [5.41, 5.74) is -0.157. The second kappa shape index (κ2) is 10.3. The van der Waals surface area contributed by atoms with E-state index in [0.717, 1.165) is 34.9 Å². The van der Waals surface area contributed by atoms with Crippen molar-refractivity contribution in [2.24, 2.45) is 5.92 Å². The molecule has 5 nitrogen and oxygen atoms in total. The molecule has 7 heteroatoms. The Kier molecular flexibility index (Phi) is 8.04. The first-order chi connectivity index (χ1) is 14.3. The molecule has 1 aliphatic carbocycles. The minimum atomic E-state index is -0.318. The van der Waals surface area contributed by atoms with E-state index >= 15 is 0 Å². The number of carbonyl (C=O) groups excluding carboxylic acids is 1. The molecule has 1 aromatic carbocycles. The molecule has 1 N–H and O–H groups in total. The minimum Gasteiger partial charge on any atom is -0.462 e. The van der Waals surface area contributed by atoms with E-state index in [1.165, 1.54) is 30.6 Å². The van der Waals surface area contributed by atoms with E-state index in [1.54, 1.807) is 0 Å². The van der Waals surface area contributed by atoms with Crippen molar-refractivity contribution in [2.75, 3.05) is 13.1 Å². The number of halogens is 1. The van der Waals surface area contributed by atoms with Crippen LogP contribution < -0.4 is 10.9 Å². The van der Waals surface area contributed by atoms with E-state index in [0.29, 0.717) is 17.6 Å². The van der Waals surface area contributed by atoms with Crippen molar-refractivity contribution < 1.29 is 9.53 Å². The van der Waals surface area contributed by atoms with Crippen molar-refractivity contribution in [3.63, 3.8) is 0 Å². The van der Waals surface area contributed by atoms with Gasteiger partial charge in [-0.25, -0.2) is 0 Å². The lowest BCUT2D eigenvalue weighted by Crippen LogP contribution is -2.29. The average molecular weight is 495 g/mol. The van der Waals surface area contributed by atoms with E-state index < -0.39 is 0 Å². The van der Waals surface area contributed by atoms with Gasteiger partial charge in [-0.05, 0) is 83.7 Å². The second-order valence-electron chi connectivity index (χ2n) is 8.98. The number of pyridine rings is 1. The highest BCUT2D eigenvalue weighted by molar-refractivity contribution is 9.10. The monoisotopic (exact) mass is 494 g/mol. The van der Waals surface area contributed by atoms with Crippen LogP contribution in [0.25, 0.3) is 10.8 Å². The Labute approximate surface area is 191 Å². The Bertz CT molecular complexity index is 928. The zero-order chi connectivity index (χ0) is 21.7. The molecule has 2 aliphatic rings. The van der Waals surface area contributed by atoms with Crippen LogP contribution in [0.5, 0.6) is 0 Å². The van der Waals surface area contributed by atoms with Crippen LogP contribution in [0.3, 0.4) is 0 Å². The van der Waals surface area contributed by atoms with Crippen LogP contribution in [0.2, 0.25) is 0 Å². The molecule has 1 aromatic heterocycles. The van der Waals surface area contributed by atoms with Crippen LogP contribution in [0.15, 0.2) is 38.6 Å². The number of nitrogens with one attached hydrogen (secondary N) is 1. The molecule has 1 aliphatic heterocycles. The number of aromatic nitrogens is 1. The number of hydrogen-bond acceptors (Lipinski definition) is 5. The molecule has 0 atom stereocenters. The highest BCUT2D eigenvalue weighted by Gasteiger charge is 2.24. The lowest BCUT2D eigenvalue weighted by atomic mass is 10.1. The molecule has 1 saturated heterocycles. The number of piperidine rings is 1. The van der Waals surface area contributed by atoms with Crippen LogP contribution >= 0.6 is 27.7 Å². The molecule has 0 unspecified atom stereocenters. The highest BCUT2D eigenvalue weighted by atomic mass is 79.9. The number of thioether (sulfide) groups is 1. The number of nitrogens with zero attached hydrogens (tertiary/aromatic N) is 1. The molecular formula is C23H31BrN2O3S. The standard InChI is InChI=1S/C18H21BrN2OS.C5H10O2/c19-13-3-4-15-16(9-13)17(23-14-5-7-20-8-6-14)11-21(18(15)22)10-12-1-2-12;1-5(2,3)7-4-6/h3-4,9,11-12,14,20H,1-2,5-8,10H2;4H,1-3H3. The predicted molar refractivity (Wildman–Crippen MR) is 127 cm³/mol. The number of ether oxygens (including phenoxy) is 1. The maximum absolute atomic E-state index is 12.8.